The highest BCUT2D eigenvalue weighted by Gasteiger charge is 2.11. The number of fused-ring (bicyclic) bond motifs is 1. The van der Waals surface area contributed by atoms with Crippen LogP contribution in [0, 0.1) is 17.2 Å². The third-order valence-corrected chi connectivity index (χ3v) is 3.73. The van der Waals surface area contributed by atoms with Gasteiger partial charge in [0.2, 0.25) is 0 Å². The molecular formula is C16H22N4. The van der Waals surface area contributed by atoms with Crippen LogP contribution in [-0.4, -0.2) is 34.1 Å². The first-order chi connectivity index (χ1) is 9.65. The van der Waals surface area contributed by atoms with Gasteiger partial charge in [0, 0.05) is 26.6 Å². The van der Waals surface area contributed by atoms with Gasteiger partial charge >= 0.3 is 0 Å². The second kappa shape index (κ2) is 6.53. The van der Waals surface area contributed by atoms with Crippen molar-refractivity contribution in [3.05, 3.63) is 30.1 Å². The quantitative estimate of drug-likeness (QED) is 0.810. The van der Waals surface area contributed by atoms with Crippen molar-refractivity contribution < 1.29 is 0 Å². The summed E-state index contributed by atoms with van der Waals surface area (Å²) < 4.78 is 2.16. The fourth-order valence-electron chi connectivity index (χ4n) is 2.48. The van der Waals surface area contributed by atoms with Crippen LogP contribution in [0.25, 0.3) is 11.0 Å². The molecule has 0 N–H and O–H groups in total. The van der Waals surface area contributed by atoms with E-state index in [0.29, 0.717) is 0 Å². The number of rotatable bonds is 6. The monoisotopic (exact) mass is 270 g/mol. The maximum atomic E-state index is 8.91. The minimum Gasteiger partial charge on any atom is -0.331 e. The highest BCUT2D eigenvalue weighted by atomic mass is 15.1. The molecule has 1 atom stereocenters. The molecule has 0 fully saturated rings. The van der Waals surface area contributed by atoms with Crippen LogP contribution in [0.4, 0.5) is 0 Å². The van der Waals surface area contributed by atoms with Crippen molar-refractivity contribution in [3.63, 3.8) is 0 Å². The summed E-state index contributed by atoms with van der Waals surface area (Å²) in [7, 11) is 2.07. The Morgan fingerprint density at radius 3 is 2.80 bits per heavy atom. The molecule has 2 rings (SSSR count). The number of aromatic nitrogens is 2. The number of aryl methyl sites for hydroxylation is 1. The van der Waals surface area contributed by atoms with E-state index in [2.05, 4.69) is 40.6 Å². The van der Waals surface area contributed by atoms with Crippen LogP contribution in [0.3, 0.4) is 0 Å². The van der Waals surface area contributed by atoms with Gasteiger partial charge in [-0.15, -0.1) is 0 Å². The van der Waals surface area contributed by atoms with Gasteiger partial charge in [-0.25, -0.2) is 4.98 Å². The Balaban J connectivity index is 2.05. The lowest BCUT2D eigenvalue weighted by molar-refractivity contribution is 0.269. The van der Waals surface area contributed by atoms with Crippen LogP contribution in [-0.2, 0) is 13.5 Å². The SMILES string of the molecule is CCN(CCc1nc2ccccc2n1C)CC(C)C#N. The average Bonchev–Trinajstić information content (AvgIpc) is 2.80. The van der Waals surface area contributed by atoms with Gasteiger partial charge in [0.25, 0.3) is 0 Å². The lowest BCUT2D eigenvalue weighted by Gasteiger charge is -2.21. The molecule has 1 unspecified atom stereocenters. The van der Waals surface area contributed by atoms with Crippen LogP contribution >= 0.6 is 0 Å². The van der Waals surface area contributed by atoms with Gasteiger partial charge in [0.05, 0.1) is 23.0 Å². The van der Waals surface area contributed by atoms with E-state index in [1.54, 1.807) is 0 Å². The Kier molecular flexibility index (Phi) is 4.75. The number of likely N-dealkylation sites (N-methyl/N-ethyl adjacent to an activating group) is 1. The van der Waals surface area contributed by atoms with E-state index >= 15 is 0 Å². The minimum absolute atomic E-state index is 0.0791. The molecular weight excluding hydrogens is 248 g/mol. The normalized spacial score (nSPS) is 12.8. The third kappa shape index (κ3) is 3.17. The van der Waals surface area contributed by atoms with Crippen molar-refractivity contribution in [2.45, 2.75) is 20.3 Å². The molecule has 0 spiro atoms. The smallest absolute Gasteiger partial charge is 0.110 e. The lowest BCUT2D eigenvalue weighted by atomic mass is 10.2. The average molecular weight is 270 g/mol. The number of benzene rings is 1. The topological polar surface area (TPSA) is 44.9 Å². The second-order valence-corrected chi connectivity index (χ2v) is 5.25. The van der Waals surface area contributed by atoms with Gasteiger partial charge in [-0.2, -0.15) is 5.26 Å². The predicted molar refractivity (Wildman–Crippen MR) is 81.3 cm³/mol. The molecule has 4 heteroatoms. The molecule has 20 heavy (non-hydrogen) atoms. The highest BCUT2D eigenvalue weighted by Crippen LogP contribution is 2.14. The van der Waals surface area contributed by atoms with E-state index in [1.807, 2.05) is 25.1 Å². The van der Waals surface area contributed by atoms with Crippen LogP contribution in [0.5, 0.6) is 0 Å². The van der Waals surface area contributed by atoms with Crippen LogP contribution in [0.1, 0.15) is 19.7 Å². The summed E-state index contributed by atoms with van der Waals surface area (Å²) >= 11 is 0. The Hall–Kier alpha value is -1.86. The van der Waals surface area contributed by atoms with Gasteiger partial charge < -0.3 is 9.47 Å². The summed E-state index contributed by atoms with van der Waals surface area (Å²) in [5, 5.41) is 8.91. The molecule has 0 aliphatic heterocycles. The molecule has 0 aliphatic rings. The molecule has 0 bridgehead atoms. The van der Waals surface area contributed by atoms with Crippen molar-refractivity contribution >= 4 is 11.0 Å². The first-order valence-corrected chi connectivity index (χ1v) is 7.18. The first-order valence-electron chi connectivity index (χ1n) is 7.18. The number of imidazole rings is 1. The Morgan fingerprint density at radius 2 is 2.15 bits per heavy atom. The molecule has 106 valence electrons. The van der Waals surface area contributed by atoms with E-state index in [0.717, 1.165) is 37.4 Å². The predicted octanol–water partition coefficient (Wildman–Crippen LogP) is 2.60. The Morgan fingerprint density at radius 1 is 1.40 bits per heavy atom. The molecule has 0 radical (unpaired) electrons. The fraction of sp³-hybridized carbons (Fsp3) is 0.500. The molecule has 0 saturated heterocycles. The highest BCUT2D eigenvalue weighted by molar-refractivity contribution is 5.75. The molecule has 1 heterocycles. The summed E-state index contributed by atoms with van der Waals surface area (Å²) in [6, 6.07) is 10.5. The van der Waals surface area contributed by atoms with Crippen molar-refractivity contribution in [2.24, 2.45) is 13.0 Å². The summed E-state index contributed by atoms with van der Waals surface area (Å²) in [5.41, 5.74) is 2.23. The van der Waals surface area contributed by atoms with E-state index in [1.165, 1.54) is 5.52 Å². The van der Waals surface area contributed by atoms with Crippen molar-refractivity contribution in [2.75, 3.05) is 19.6 Å². The Bertz CT molecular complexity index is 608. The summed E-state index contributed by atoms with van der Waals surface area (Å²) in [5.74, 6) is 1.18. The largest absolute Gasteiger partial charge is 0.331 e. The molecule has 1 aromatic heterocycles. The standard InChI is InChI=1S/C16H22N4/c1-4-20(12-13(2)11-17)10-9-16-18-14-7-5-6-8-15(14)19(16)3/h5-8,13H,4,9-10,12H2,1-3H3. The van der Waals surface area contributed by atoms with E-state index < -0.39 is 0 Å². The van der Waals surface area contributed by atoms with E-state index in [4.69, 9.17) is 5.26 Å². The number of para-hydroxylation sites is 2. The van der Waals surface area contributed by atoms with Crippen molar-refractivity contribution in [1.29, 1.82) is 5.26 Å². The van der Waals surface area contributed by atoms with Gasteiger partial charge in [-0.1, -0.05) is 19.1 Å². The van der Waals surface area contributed by atoms with Crippen molar-refractivity contribution in [1.82, 2.24) is 14.5 Å². The van der Waals surface area contributed by atoms with Crippen LogP contribution in [0.15, 0.2) is 24.3 Å². The maximum absolute atomic E-state index is 8.91. The van der Waals surface area contributed by atoms with Gasteiger partial charge in [0.15, 0.2) is 0 Å². The lowest BCUT2D eigenvalue weighted by Crippen LogP contribution is -2.30. The van der Waals surface area contributed by atoms with E-state index in [-0.39, 0.29) is 5.92 Å². The fourth-order valence-corrected chi connectivity index (χ4v) is 2.48. The number of hydrogen-bond acceptors (Lipinski definition) is 3. The first kappa shape index (κ1) is 14.5. The zero-order valence-corrected chi connectivity index (χ0v) is 12.5. The number of hydrogen-bond donors (Lipinski definition) is 0. The number of nitrogens with zero attached hydrogens (tertiary/aromatic N) is 4. The summed E-state index contributed by atoms with van der Waals surface area (Å²) in [4.78, 5) is 7.00. The maximum Gasteiger partial charge on any atom is 0.110 e. The summed E-state index contributed by atoms with van der Waals surface area (Å²) in [6.45, 7) is 6.85. The molecule has 0 amide bonds. The van der Waals surface area contributed by atoms with Gasteiger partial charge in [-0.3, -0.25) is 0 Å². The minimum atomic E-state index is 0.0791. The van der Waals surface area contributed by atoms with Gasteiger partial charge in [0.1, 0.15) is 5.82 Å². The van der Waals surface area contributed by atoms with E-state index in [9.17, 15) is 0 Å². The zero-order valence-electron chi connectivity index (χ0n) is 12.5. The second-order valence-electron chi connectivity index (χ2n) is 5.25. The molecule has 4 nitrogen and oxygen atoms in total. The molecule has 0 saturated carbocycles. The van der Waals surface area contributed by atoms with Crippen molar-refractivity contribution in [3.8, 4) is 6.07 Å². The van der Waals surface area contributed by atoms with Gasteiger partial charge in [-0.05, 0) is 25.6 Å². The molecule has 2 aromatic rings. The molecule has 0 aliphatic carbocycles. The molecule has 1 aromatic carbocycles. The third-order valence-electron chi connectivity index (χ3n) is 3.73. The zero-order chi connectivity index (χ0) is 14.5. The number of nitriles is 1. The Labute approximate surface area is 120 Å². The van der Waals surface area contributed by atoms with Crippen LogP contribution in [0.2, 0.25) is 0 Å². The van der Waals surface area contributed by atoms with Crippen LogP contribution < -0.4 is 0 Å². The summed E-state index contributed by atoms with van der Waals surface area (Å²) in [6.07, 6.45) is 0.914.